The quantitative estimate of drug-likeness (QED) is 0.923. The van der Waals surface area contributed by atoms with E-state index in [-0.39, 0.29) is 23.7 Å². The van der Waals surface area contributed by atoms with E-state index in [0.717, 1.165) is 18.6 Å². The van der Waals surface area contributed by atoms with Crippen molar-refractivity contribution in [2.45, 2.75) is 70.4 Å². The van der Waals surface area contributed by atoms with Crippen LogP contribution in [0.15, 0.2) is 10.6 Å². The molecule has 1 atom stereocenters. The topological polar surface area (TPSA) is 75.4 Å². The van der Waals surface area contributed by atoms with Gasteiger partial charge in [-0.15, -0.1) is 0 Å². The summed E-state index contributed by atoms with van der Waals surface area (Å²) in [6.07, 6.45) is 6.09. The van der Waals surface area contributed by atoms with Crippen LogP contribution in [0.4, 0.5) is 5.82 Å². The number of nitrogens with zero attached hydrogens (tertiary/aromatic N) is 2. The Morgan fingerprint density at radius 2 is 2.09 bits per heavy atom. The predicted octanol–water partition coefficient (Wildman–Crippen LogP) is 2.71. The SMILES string of the molecule is CC(C)c1cc(NC(=O)[C@@H]2CC(=O)CN2C2CCCCC2)no1. The van der Waals surface area contributed by atoms with Crippen molar-refractivity contribution < 1.29 is 14.1 Å². The third-order valence-electron chi connectivity index (χ3n) is 4.88. The summed E-state index contributed by atoms with van der Waals surface area (Å²) in [5.41, 5.74) is 0. The molecule has 1 aromatic rings. The van der Waals surface area contributed by atoms with Crippen molar-refractivity contribution in [3.63, 3.8) is 0 Å². The van der Waals surface area contributed by atoms with Crippen LogP contribution in [0, 0.1) is 0 Å². The molecule has 2 fully saturated rings. The number of Topliss-reactive ketones (excluding diaryl/α,β-unsaturated/α-hetero) is 1. The molecule has 0 radical (unpaired) electrons. The van der Waals surface area contributed by atoms with Gasteiger partial charge in [-0.25, -0.2) is 0 Å². The number of amides is 1. The summed E-state index contributed by atoms with van der Waals surface area (Å²) in [4.78, 5) is 26.6. The number of ketones is 1. The highest BCUT2D eigenvalue weighted by Gasteiger charge is 2.40. The number of anilines is 1. The molecule has 2 heterocycles. The molecule has 0 bridgehead atoms. The molecule has 6 heteroatoms. The average molecular weight is 319 g/mol. The number of rotatable bonds is 4. The molecule has 3 rings (SSSR count). The van der Waals surface area contributed by atoms with Gasteiger partial charge in [0, 0.05) is 24.4 Å². The fourth-order valence-corrected chi connectivity index (χ4v) is 3.58. The first kappa shape index (κ1) is 16.2. The number of aromatic nitrogens is 1. The van der Waals surface area contributed by atoms with Gasteiger partial charge in [0.25, 0.3) is 0 Å². The van der Waals surface area contributed by atoms with Crippen molar-refractivity contribution in [1.29, 1.82) is 0 Å². The second-order valence-corrected chi connectivity index (χ2v) is 6.98. The predicted molar refractivity (Wildman–Crippen MR) is 86.2 cm³/mol. The van der Waals surface area contributed by atoms with Gasteiger partial charge in [-0.2, -0.15) is 0 Å². The van der Waals surface area contributed by atoms with Crippen molar-refractivity contribution in [2.24, 2.45) is 0 Å². The summed E-state index contributed by atoms with van der Waals surface area (Å²) < 4.78 is 5.21. The highest BCUT2D eigenvalue weighted by Crippen LogP contribution is 2.29. The molecule has 0 spiro atoms. The minimum absolute atomic E-state index is 0.148. The van der Waals surface area contributed by atoms with Gasteiger partial charge in [-0.05, 0) is 12.8 Å². The first-order valence-corrected chi connectivity index (χ1v) is 8.59. The Morgan fingerprint density at radius 3 is 2.74 bits per heavy atom. The third-order valence-corrected chi connectivity index (χ3v) is 4.88. The van der Waals surface area contributed by atoms with Crippen molar-refractivity contribution in [3.05, 3.63) is 11.8 Å². The van der Waals surface area contributed by atoms with E-state index in [1.165, 1.54) is 19.3 Å². The Kier molecular flexibility index (Phi) is 4.80. The molecule has 1 amide bonds. The number of carbonyl (C=O) groups excluding carboxylic acids is 2. The maximum Gasteiger partial charge on any atom is 0.243 e. The Morgan fingerprint density at radius 1 is 1.35 bits per heavy atom. The molecular weight excluding hydrogens is 294 g/mol. The molecule has 1 N–H and O–H groups in total. The molecule has 126 valence electrons. The van der Waals surface area contributed by atoms with Gasteiger partial charge >= 0.3 is 0 Å². The summed E-state index contributed by atoms with van der Waals surface area (Å²) in [6.45, 7) is 4.41. The third kappa shape index (κ3) is 3.63. The maximum absolute atomic E-state index is 12.6. The number of carbonyl (C=O) groups is 2. The zero-order valence-electron chi connectivity index (χ0n) is 13.9. The van der Waals surface area contributed by atoms with Crippen LogP contribution in [0.2, 0.25) is 0 Å². The summed E-state index contributed by atoms with van der Waals surface area (Å²) in [7, 11) is 0. The molecule has 1 saturated carbocycles. The molecule has 2 aliphatic rings. The van der Waals surface area contributed by atoms with E-state index in [4.69, 9.17) is 4.52 Å². The van der Waals surface area contributed by atoms with Crippen LogP contribution in [-0.2, 0) is 9.59 Å². The second-order valence-electron chi connectivity index (χ2n) is 6.98. The van der Waals surface area contributed by atoms with Gasteiger partial charge in [-0.3, -0.25) is 14.5 Å². The normalized spacial score (nSPS) is 23.6. The molecule has 1 aromatic heterocycles. The smallest absolute Gasteiger partial charge is 0.243 e. The number of likely N-dealkylation sites (tertiary alicyclic amines) is 1. The standard InChI is InChI=1S/C17H25N3O3/c1-11(2)15-9-16(19-23-15)18-17(22)14-8-13(21)10-20(14)12-6-4-3-5-7-12/h9,11-12,14H,3-8,10H2,1-2H3,(H,18,19,22)/t14-/m0/s1. The molecule has 6 nitrogen and oxygen atoms in total. The van der Waals surface area contributed by atoms with Gasteiger partial charge in [0.05, 0.1) is 12.6 Å². The van der Waals surface area contributed by atoms with E-state index in [1.807, 2.05) is 13.8 Å². The molecule has 1 aliphatic heterocycles. The first-order valence-electron chi connectivity index (χ1n) is 8.59. The van der Waals surface area contributed by atoms with Gasteiger partial charge < -0.3 is 9.84 Å². The van der Waals surface area contributed by atoms with Crippen LogP contribution in [-0.4, -0.2) is 40.4 Å². The van der Waals surface area contributed by atoms with E-state index in [9.17, 15) is 9.59 Å². The Bertz CT molecular complexity index is 575. The molecule has 0 aromatic carbocycles. The largest absolute Gasteiger partial charge is 0.359 e. The number of hydrogen-bond acceptors (Lipinski definition) is 5. The van der Waals surface area contributed by atoms with Gasteiger partial charge in [-0.1, -0.05) is 38.3 Å². The highest BCUT2D eigenvalue weighted by molar-refractivity contribution is 5.99. The van der Waals surface area contributed by atoms with E-state index < -0.39 is 0 Å². The highest BCUT2D eigenvalue weighted by atomic mass is 16.5. The second kappa shape index (κ2) is 6.83. The van der Waals surface area contributed by atoms with Crippen LogP contribution >= 0.6 is 0 Å². The zero-order chi connectivity index (χ0) is 16.4. The van der Waals surface area contributed by atoms with Crippen LogP contribution < -0.4 is 5.32 Å². The van der Waals surface area contributed by atoms with Gasteiger partial charge in [0.15, 0.2) is 5.82 Å². The fourth-order valence-electron chi connectivity index (χ4n) is 3.58. The van der Waals surface area contributed by atoms with E-state index >= 15 is 0 Å². The Labute approximate surface area is 136 Å². The first-order chi connectivity index (χ1) is 11.0. The average Bonchev–Trinajstić information content (AvgIpc) is 3.15. The lowest BCUT2D eigenvalue weighted by Crippen LogP contribution is -2.46. The van der Waals surface area contributed by atoms with Crippen LogP contribution in [0.25, 0.3) is 0 Å². The summed E-state index contributed by atoms with van der Waals surface area (Å²) in [5.74, 6) is 1.40. The number of hydrogen-bond donors (Lipinski definition) is 1. The fraction of sp³-hybridized carbons (Fsp3) is 0.706. The van der Waals surface area contributed by atoms with Crippen molar-refractivity contribution >= 4 is 17.5 Å². The van der Waals surface area contributed by atoms with E-state index in [0.29, 0.717) is 24.8 Å². The van der Waals surface area contributed by atoms with Crippen LogP contribution in [0.3, 0.4) is 0 Å². The van der Waals surface area contributed by atoms with Crippen molar-refractivity contribution in [3.8, 4) is 0 Å². The lowest BCUT2D eigenvalue weighted by molar-refractivity contribution is -0.122. The summed E-state index contributed by atoms with van der Waals surface area (Å²) in [5, 5.41) is 6.71. The van der Waals surface area contributed by atoms with Crippen LogP contribution in [0.1, 0.15) is 64.1 Å². The molecule has 1 aliphatic carbocycles. The molecule has 23 heavy (non-hydrogen) atoms. The Hall–Kier alpha value is -1.69. The summed E-state index contributed by atoms with van der Waals surface area (Å²) >= 11 is 0. The molecular formula is C17H25N3O3. The van der Waals surface area contributed by atoms with Crippen molar-refractivity contribution in [2.75, 3.05) is 11.9 Å². The van der Waals surface area contributed by atoms with E-state index in [2.05, 4.69) is 15.4 Å². The minimum atomic E-state index is -0.371. The summed E-state index contributed by atoms with van der Waals surface area (Å²) in [6, 6.07) is 1.74. The molecule has 1 saturated heterocycles. The van der Waals surface area contributed by atoms with E-state index in [1.54, 1.807) is 6.07 Å². The van der Waals surface area contributed by atoms with Crippen LogP contribution in [0.5, 0.6) is 0 Å². The van der Waals surface area contributed by atoms with Gasteiger partial charge in [0.2, 0.25) is 5.91 Å². The molecule has 0 unspecified atom stereocenters. The lowest BCUT2D eigenvalue weighted by atomic mass is 9.93. The number of nitrogens with one attached hydrogen (secondary N) is 1. The monoisotopic (exact) mass is 319 g/mol. The lowest BCUT2D eigenvalue weighted by Gasteiger charge is -2.34. The maximum atomic E-state index is 12.6. The minimum Gasteiger partial charge on any atom is -0.359 e. The zero-order valence-corrected chi connectivity index (χ0v) is 13.9. The van der Waals surface area contributed by atoms with Gasteiger partial charge in [0.1, 0.15) is 11.5 Å². The Balaban J connectivity index is 1.67. The van der Waals surface area contributed by atoms with Crippen molar-refractivity contribution in [1.82, 2.24) is 10.1 Å².